The van der Waals surface area contributed by atoms with Crippen molar-refractivity contribution in [3.05, 3.63) is 30.0 Å². The van der Waals surface area contributed by atoms with Crippen LogP contribution in [-0.2, 0) is 4.74 Å². The number of aromatic nitrogens is 1. The second-order valence-corrected chi connectivity index (χ2v) is 5.14. The van der Waals surface area contributed by atoms with Gasteiger partial charge in [0.2, 0.25) is 0 Å². The van der Waals surface area contributed by atoms with Crippen LogP contribution in [0.2, 0.25) is 0 Å². The highest BCUT2D eigenvalue weighted by atomic mass is 16.6. The van der Waals surface area contributed by atoms with Crippen molar-refractivity contribution in [2.24, 2.45) is 0 Å². The van der Waals surface area contributed by atoms with E-state index in [4.69, 9.17) is 9.47 Å². The van der Waals surface area contributed by atoms with E-state index in [0.29, 0.717) is 5.69 Å². The number of H-pyrrole nitrogens is 1. The summed E-state index contributed by atoms with van der Waals surface area (Å²) in [5.74, 6) is 0.401. The summed E-state index contributed by atoms with van der Waals surface area (Å²) in [6, 6.07) is 7.39. The average Bonchev–Trinajstić information content (AvgIpc) is 2.69. The first kappa shape index (κ1) is 12.5. The number of hydrogen-bond acceptors (Lipinski definition) is 3. The van der Waals surface area contributed by atoms with E-state index >= 15 is 0 Å². The van der Waals surface area contributed by atoms with Crippen molar-refractivity contribution in [3.8, 4) is 5.75 Å². The largest absolute Gasteiger partial charge is 0.497 e. The Bertz CT molecular complexity index is 578. The number of ether oxygens (including phenoxy) is 2. The molecule has 1 aromatic heterocycles. The second-order valence-electron chi connectivity index (χ2n) is 5.14. The SMILES string of the molecule is COc1ccc2cc(C(=O)OC(C)(C)C)[nH]c2c1. The number of benzene rings is 1. The van der Waals surface area contributed by atoms with Crippen LogP contribution in [0.4, 0.5) is 0 Å². The molecule has 0 amide bonds. The third kappa shape index (κ3) is 2.64. The molecule has 0 unspecified atom stereocenters. The third-order valence-corrected chi connectivity index (χ3v) is 2.45. The van der Waals surface area contributed by atoms with Crippen LogP contribution >= 0.6 is 0 Å². The molecule has 4 nitrogen and oxygen atoms in total. The van der Waals surface area contributed by atoms with Gasteiger partial charge in [0.1, 0.15) is 17.0 Å². The van der Waals surface area contributed by atoms with E-state index in [-0.39, 0.29) is 5.97 Å². The Balaban J connectivity index is 2.32. The van der Waals surface area contributed by atoms with Crippen molar-refractivity contribution in [2.45, 2.75) is 26.4 Å². The van der Waals surface area contributed by atoms with Gasteiger partial charge in [0.05, 0.1) is 7.11 Å². The number of esters is 1. The van der Waals surface area contributed by atoms with Gasteiger partial charge < -0.3 is 14.5 Å². The summed E-state index contributed by atoms with van der Waals surface area (Å²) >= 11 is 0. The zero-order valence-electron chi connectivity index (χ0n) is 11.0. The van der Waals surface area contributed by atoms with Crippen molar-refractivity contribution in [2.75, 3.05) is 7.11 Å². The van der Waals surface area contributed by atoms with Crippen LogP contribution in [0.1, 0.15) is 31.3 Å². The quantitative estimate of drug-likeness (QED) is 0.829. The van der Waals surface area contributed by atoms with Gasteiger partial charge in [-0.2, -0.15) is 0 Å². The van der Waals surface area contributed by atoms with Gasteiger partial charge in [0.15, 0.2) is 0 Å². The number of rotatable bonds is 2. The molecule has 0 aliphatic carbocycles. The minimum absolute atomic E-state index is 0.349. The summed E-state index contributed by atoms with van der Waals surface area (Å²) in [7, 11) is 1.61. The van der Waals surface area contributed by atoms with E-state index in [1.807, 2.05) is 39.0 Å². The van der Waals surface area contributed by atoms with Gasteiger partial charge in [-0.1, -0.05) is 0 Å². The number of carbonyl (C=O) groups is 1. The van der Waals surface area contributed by atoms with Gasteiger partial charge in [0, 0.05) is 17.0 Å². The predicted molar refractivity (Wildman–Crippen MR) is 70.0 cm³/mol. The molecule has 0 radical (unpaired) electrons. The standard InChI is InChI=1S/C14H17NO3/c1-14(2,3)18-13(16)12-7-9-5-6-10(17-4)8-11(9)15-12/h5-8,15H,1-4H3. The molecule has 0 bridgehead atoms. The minimum Gasteiger partial charge on any atom is -0.497 e. The molecule has 0 atom stereocenters. The van der Waals surface area contributed by atoms with Crippen LogP contribution < -0.4 is 4.74 Å². The normalized spacial score (nSPS) is 11.6. The summed E-state index contributed by atoms with van der Waals surface area (Å²) in [4.78, 5) is 14.9. The van der Waals surface area contributed by atoms with Crippen molar-refractivity contribution >= 4 is 16.9 Å². The topological polar surface area (TPSA) is 51.3 Å². The molecule has 4 heteroatoms. The molecule has 2 rings (SSSR count). The van der Waals surface area contributed by atoms with Crippen molar-refractivity contribution in [1.82, 2.24) is 4.98 Å². The number of aromatic amines is 1. The molecule has 96 valence electrons. The maximum Gasteiger partial charge on any atom is 0.355 e. The fourth-order valence-electron chi connectivity index (χ4n) is 1.68. The van der Waals surface area contributed by atoms with Gasteiger partial charge in [-0.25, -0.2) is 4.79 Å². The van der Waals surface area contributed by atoms with Crippen LogP contribution in [0.15, 0.2) is 24.3 Å². The minimum atomic E-state index is -0.494. The lowest BCUT2D eigenvalue weighted by Gasteiger charge is -2.18. The maximum atomic E-state index is 11.9. The summed E-state index contributed by atoms with van der Waals surface area (Å²) in [6.45, 7) is 5.53. The molecule has 0 saturated heterocycles. The van der Waals surface area contributed by atoms with E-state index in [1.165, 1.54) is 0 Å². The van der Waals surface area contributed by atoms with E-state index in [9.17, 15) is 4.79 Å². The van der Waals surface area contributed by atoms with E-state index < -0.39 is 5.60 Å². The van der Waals surface area contributed by atoms with Gasteiger partial charge >= 0.3 is 5.97 Å². The lowest BCUT2D eigenvalue weighted by atomic mass is 10.2. The van der Waals surface area contributed by atoms with Crippen LogP contribution in [0.3, 0.4) is 0 Å². The summed E-state index contributed by atoms with van der Waals surface area (Å²) in [5, 5.41) is 0.955. The first-order valence-electron chi connectivity index (χ1n) is 5.79. The van der Waals surface area contributed by atoms with E-state index in [2.05, 4.69) is 4.98 Å². The molecule has 1 aromatic carbocycles. The van der Waals surface area contributed by atoms with Crippen LogP contribution in [-0.4, -0.2) is 23.7 Å². The molecule has 1 N–H and O–H groups in total. The Hall–Kier alpha value is -1.97. The molecular formula is C14H17NO3. The number of hydrogen-bond donors (Lipinski definition) is 1. The third-order valence-electron chi connectivity index (χ3n) is 2.45. The van der Waals surface area contributed by atoms with Gasteiger partial charge in [-0.3, -0.25) is 0 Å². The Morgan fingerprint density at radius 2 is 1.94 bits per heavy atom. The summed E-state index contributed by atoms with van der Waals surface area (Å²) < 4.78 is 10.4. The highest BCUT2D eigenvalue weighted by molar-refractivity contribution is 5.95. The highest BCUT2D eigenvalue weighted by Gasteiger charge is 2.19. The number of methoxy groups -OCH3 is 1. The molecule has 2 aromatic rings. The van der Waals surface area contributed by atoms with Crippen molar-refractivity contribution < 1.29 is 14.3 Å². The highest BCUT2D eigenvalue weighted by Crippen LogP contribution is 2.22. The van der Waals surface area contributed by atoms with E-state index in [1.54, 1.807) is 13.2 Å². The number of fused-ring (bicyclic) bond motifs is 1. The van der Waals surface area contributed by atoms with Crippen LogP contribution in [0, 0.1) is 0 Å². The molecule has 0 aliphatic rings. The average molecular weight is 247 g/mol. The number of carbonyl (C=O) groups excluding carboxylic acids is 1. The molecule has 18 heavy (non-hydrogen) atoms. The fraction of sp³-hybridized carbons (Fsp3) is 0.357. The lowest BCUT2D eigenvalue weighted by molar-refractivity contribution is 0.00639. The molecule has 1 heterocycles. The summed E-state index contributed by atoms with van der Waals surface area (Å²) in [6.07, 6.45) is 0. The summed E-state index contributed by atoms with van der Waals surface area (Å²) in [5.41, 5.74) is 0.815. The van der Waals surface area contributed by atoms with Gasteiger partial charge in [-0.05, 0) is 39.0 Å². The van der Waals surface area contributed by atoms with Gasteiger partial charge in [-0.15, -0.1) is 0 Å². The molecule has 0 spiro atoms. The monoisotopic (exact) mass is 247 g/mol. The molecule has 0 fully saturated rings. The Morgan fingerprint density at radius 1 is 1.22 bits per heavy atom. The smallest absolute Gasteiger partial charge is 0.355 e. The molecule has 0 aliphatic heterocycles. The second kappa shape index (κ2) is 4.37. The molecular weight excluding hydrogens is 230 g/mol. The molecule has 0 saturated carbocycles. The Morgan fingerprint density at radius 3 is 2.56 bits per heavy atom. The van der Waals surface area contributed by atoms with Crippen molar-refractivity contribution in [3.63, 3.8) is 0 Å². The van der Waals surface area contributed by atoms with Crippen LogP contribution in [0.25, 0.3) is 10.9 Å². The first-order chi connectivity index (χ1) is 8.39. The van der Waals surface area contributed by atoms with E-state index in [0.717, 1.165) is 16.7 Å². The zero-order valence-corrected chi connectivity index (χ0v) is 11.0. The van der Waals surface area contributed by atoms with Crippen LogP contribution in [0.5, 0.6) is 5.75 Å². The number of nitrogens with one attached hydrogen (secondary N) is 1. The maximum absolute atomic E-state index is 11.9. The Kier molecular flexibility index (Phi) is 3.03. The first-order valence-corrected chi connectivity index (χ1v) is 5.79. The Labute approximate surface area is 106 Å². The zero-order chi connectivity index (χ0) is 13.3. The lowest BCUT2D eigenvalue weighted by Crippen LogP contribution is -2.24. The van der Waals surface area contributed by atoms with Gasteiger partial charge in [0.25, 0.3) is 0 Å². The predicted octanol–water partition coefficient (Wildman–Crippen LogP) is 3.13. The van der Waals surface area contributed by atoms with Crippen molar-refractivity contribution in [1.29, 1.82) is 0 Å². The fourth-order valence-corrected chi connectivity index (χ4v) is 1.68.